The monoisotopic (exact) mass is 323 g/mol. The highest BCUT2D eigenvalue weighted by atomic mass is 19.1. The number of carbonyl (C=O) groups excluding carboxylic acids is 1. The van der Waals surface area contributed by atoms with Crippen LogP contribution in [0.3, 0.4) is 0 Å². The third kappa shape index (κ3) is 5.80. The zero-order valence-corrected chi connectivity index (χ0v) is 14.0. The van der Waals surface area contributed by atoms with Gasteiger partial charge in [0.05, 0.1) is 6.04 Å². The Hall–Kier alpha value is -1.66. The molecule has 1 heterocycles. The molecule has 5 nitrogen and oxygen atoms in total. The van der Waals surface area contributed by atoms with Gasteiger partial charge >= 0.3 is 6.09 Å². The Morgan fingerprint density at radius 1 is 1.26 bits per heavy atom. The van der Waals surface area contributed by atoms with Crippen LogP contribution < -0.4 is 16.2 Å². The number of nitrogens with one attached hydrogen (secondary N) is 3. The average Bonchev–Trinajstić information content (AvgIpc) is 2.48. The summed E-state index contributed by atoms with van der Waals surface area (Å²) in [6, 6.07) is 6.32. The third-order valence-electron chi connectivity index (χ3n) is 3.81. The number of hydrazine groups is 1. The fourth-order valence-corrected chi connectivity index (χ4v) is 2.76. The molecule has 0 saturated carbocycles. The maximum Gasteiger partial charge on any atom is 0.422 e. The maximum absolute atomic E-state index is 13.2. The Labute approximate surface area is 137 Å². The molecule has 0 aliphatic carbocycles. The number of piperidine rings is 1. The summed E-state index contributed by atoms with van der Waals surface area (Å²) in [6.07, 6.45) is 1.47. The van der Waals surface area contributed by atoms with E-state index in [0.29, 0.717) is 5.92 Å². The average molecular weight is 323 g/mol. The van der Waals surface area contributed by atoms with Gasteiger partial charge in [-0.1, -0.05) is 12.1 Å². The van der Waals surface area contributed by atoms with Crippen molar-refractivity contribution < 1.29 is 13.9 Å². The lowest BCUT2D eigenvalue weighted by Gasteiger charge is -2.32. The van der Waals surface area contributed by atoms with E-state index >= 15 is 0 Å². The van der Waals surface area contributed by atoms with Gasteiger partial charge in [-0.05, 0) is 70.3 Å². The number of rotatable bonds is 4. The highest BCUT2D eigenvalue weighted by Crippen LogP contribution is 2.28. The zero-order chi connectivity index (χ0) is 16.9. The summed E-state index contributed by atoms with van der Waals surface area (Å²) in [4.78, 5) is 11.9. The number of halogens is 1. The lowest BCUT2D eigenvalue weighted by molar-refractivity contribution is 0.0475. The first kappa shape index (κ1) is 17.7. The smallest absolute Gasteiger partial charge is 0.422 e. The van der Waals surface area contributed by atoms with E-state index in [2.05, 4.69) is 16.2 Å². The Morgan fingerprint density at radius 3 is 2.43 bits per heavy atom. The van der Waals surface area contributed by atoms with Crippen molar-refractivity contribution in [3.05, 3.63) is 35.6 Å². The van der Waals surface area contributed by atoms with E-state index in [1.54, 1.807) is 12.1 Å². The van der Waals surface area contributed by atoms with E-state index < -0.39 is 11.7 Å². The van der Waals surface area contributed by atoms with Gasteiger partial charge < -0.3 is 10.1 Å². The molecule has 3 N–H and O–H groups in total. The zero-order valence-electron chi connectivity index (χ0n) is 14.0. The molecular formula is C17H26FN3O2. The van der Waals surface area contributed by atoms with E-state index in [1.807, 2.05) is 20.8 Å². The second-order valence-corrected chi connectivity index (χ2v) is 6.89. The highest BCUT2D eigenvalue weighted by Gasteiger charge is 2.26. The first-order chi connectivity index (χ1) is 10.8. The fraction of sp³-hybridized carbons (Fsp3) is 0.588. The van der Waals surface area contributed by atoms with Crippen LogP contribution in [0.5, 0.6) is 0 Å². The molecule has 23 heavy (non-hydrogen) atoms. The number of benzene rings is 1. The van der Waals surface area contributed by atoms with Crippen molar-refractivity contribution in [2.24, 2.45) is 5.92 Å². The van der Waals surface area contributed by atoms with Crippen LogP contribution in [0.25, 0.3) is 0 Å². The lowest BCUT2D eigenvalue weighted by atomic mass is 9.86. The van der Waals surface area contributed by atoms with E-state index in [-0.39, 0.29) is 11.9 Å². The standard InChI is InChI=1S/C17H26FN3O2/c1-17(2,3)23-16(22)21-20-15(13-8-10-19-11-9-13)12-4-6-14(18)7-5-12/h4-7,13,15,19-20H,8-11H2,1-3H3,(H,21,22). The molecule has 128 valence electrons. The Kier molecular flexibility index (Phi) is 5.96. The summed E-state index contributed by atoms with van der Waals surface area (Å²) in [6.45, 7) is 7.33. The molecule has 2 rings (SSSR count). The van der Waals surface area contributed by atoms with Gasteiger partial charge in [-0.25, -0.2) is 14.6 Å². The largest absolute Gasteiger partial charge is 0.443 e. The second-order valence-electron chi connectivity index (χ2n) is 6.89. The minimum absolute atomic E-state index is 0.0785. The molecule has 1 fully saturated rings. The predicted octanol–water partition coefficient (Wildman–Crippen LogP) is 2.90. The van der Waals surface area contributed by atoms with Crippen LogP contribution in [0.2, 0.25) is 0 Å². The molecule has 1 aliphatic heterocycles. The van der Waals surface area contributed by atoms with Crippen molar-refractivity contribution in [3.63, 3.8) is 0 Å². The van der Waals surface area contributed by atoms with Crippen molar-refractivity contribution in [3.8, 4) is 0 Å². The number of ether oxygens (including phenoxy) is 1. The van der Waals surface area contributed by atoms with Gasteiger partial charge in [0.2, 0.25) is 0 Å². The molecule has 0 aromatic heterocycles. The molecule has 1 amide bonds. The molecule has 0 bridgehead atoms. The molecule has 1 aliphatic rings. The van der Waals surface area contributed by atoms with Gasteiger partial charge in [0, 0.05) is 0 Å². The van der Waals surface area contributed by atoms with Crippen molar-refractivity contribution in [2.75, 3.05) is 13.1 Å². The molecule has 1 saturated heterocycles. The van der Waals surface area contributed by atoms with E-state index in [1.165, 1.54) is 12.1 Å². The van der Waals surface area contributed by atoms with Crippen LogP contribution in [0.1, 0.15) is 45.2 Å². The van der Waals surface area contributed by atoms with Crippen molar-refractivity contribution in [1.29, 1.82) is 0 Å². The summed E-state index contributed by atoms with van der Waals surface area (Å²) in [7, 11) is 0. The predicted molar refractivity (Wildman–Crippen MR) is 87.2 cm³/mol. The van der Waals surface area contributed by atoms with Gasteiger partial charge in [0.1, 0.15) is 11.4 Å². The molecule has 1 aromatic carbocycles. The topological polar surface area (TPSA) is 62.4 Å². The third-order valence-corrected chi connectivity index (χ3v) is 3.81. The Balaban J connectivity index is 2.04. The summed E-state index contributed by atoms with van der Waals surface area (Å²) in [5.41, 5.74) is 6.10. The number of amides is 1. The highest BCUT2D eigenvalue weighted by molar-refractivity contribution is 5.67. The summed E-state index contributed by atoms with van der Waals surface area (Å²) in [5, 5.41) is 3.33. The van der Waals surface area contributed by atoms with Crippen molar-refractivity contribution in [1.82, 2.24) is 16.2 Å². The van der Waals surface area contributed by atoms with Crippen LogP contribution in [0.15, 0.2) is 24.3 Å². The number of carbonyl (C=O) groups is 1. The molecule has 0 spiro atoms. The normalized spacial score (nSPS) is 17.6. The molecule has 1 aromatic rings. The van der Waals surface area contributed by atoms with E-state index in [0.717, 1.165) is 31.5 Å². The minimum atomic E-state index is -0.550. The van der Waals surface area contributed by atoms with Gasteiger partial charge in [-0.3, -0.25) is 5.43 Å². The second kappa shape index (κ2) is 7.75. The fourth-order valence-electron chi connectivity index (χ4n) is 2.76. The van der Waals surface area contributed by atoms with Gasteiger partial charge in [-0.15, -0.1) is 0 Å². The summed E-state index contributed by atoms with van der Waals surface area (Å²) in [5.74, 6) is 0.0922. The summed E-state index contributed by atoms with van der Waals surface area (Å²) < 4.78 is 18.4. The first-order valence-electron chi connectivity index (χ1n) is 8.06. The lowest BCUT2D eigenvalue weighted by Crippen LogP contribution is -2.46. The van der Waals surface area contributed by atoms with Crippen LogP contribution in [0.4, 0.5) is 9.18 Å². The minimum Gasteiger partial charge on any atom is -0.443 e. The quantitative estimate of drug-likeness (QED) is 0.746. The van der Waals surface area contributed by atoms with Gasteiger partial charge in [-0.2, -0.15) is 0 Å². The first-order valence-corrected chi connectivity index (χ1v) is 8.06. The molecule has 0 radical (unpaired) electrons. The van der Waals surface area contributed by atoms with Gasteiger partial charge in [0.25, 0.3) is 0 Å². The van der Waals surface area contributed by atoms with E-state index in [4.69, 9.17) is 4.74 Å². The maximum atomic E-state index is 13.2. The molecule has 1 atom stereocenters. The van der Waals surface area contributed by atoms with Crippen LogP contribution >= 0.6 is 0 Å². The van der Waals surface area contributed by atoms with Crippen LogP contribution in [-0.4, -0.2) is 24.8 Å². The van der Waals surface area contributed by atoms with Crippen molar-refractivity contribution in [2.45, 2.75) is 45.3 Å². The Morgan fingerprint density at radius 2 is 1.87 bits per heavy atom. The van der Waals surface area contributed by atoms with Gasteiger partial charge in [0.15, 0.2) is 0 Å². The number of hydrogen-bond acceptors (Lipinski definition) is 4. The van der Waals surface area contributed by atoms with E-state index in [9.17, 15) is 9.18 Å². The Bertz CT molecular complexity index is 508. The summed E-state index contributed by atoms with van der Waals surface area (Å²) >= 11 is 0. The molecule has 1 unspecified atom stereocenters. The van der Waals surface area contributed by atoms with Crippen molar-refractivity contribution >= 4 is 6.09 Å². The number of hydrogen-bond donors (Lipinski definition) is 3. The SMILES string of the molecule is CC(C)(C)OC(=O)NNC(c1ccc(F)cc1)C1CCNCC1. The molecule has 6 heteroatoms. The molecular weight excluding hydrogens is 297 g/mol. The van der Waals surface area contributed by atoms with Crippen LogP contribution in [0, 0.1) is 11.7 Å². The van der Waals surface area contributed by atoms with Crippen LogP contribution in [-0.2, 0) is 4.74 Å².